The van der Waals surface area contributed by atoms with Gasteiger partial charge in [0.05, 0.1) is 18.9 Å². The molecular formula is C16H20FN3OSi. The average molecular weight is 317 g/mol. The maximum absolute atomic E-state index is 13.1. The highest BCUT2D eigenvalue weighted by atomic mass is 28.2. The molecule has 22 heavy (non-hydrogen) atoms. The minimum atomic E-state index is -0.373. The fourth-order valence-corrected chi connectivity index (χ4v) is 2.39. The van der Waals surface area contributed by atoms with Crippen LogP contribution < -0.4 is 5.43 Å². The van der Waals surface area contributed by atoms with Crippen LogP contribution in [0.15, 0.2) is 53.9 Å². The van der Waals surface area contributed by atoms with Gasteiger partial charge in [-0.2, -0.15) is 5.10 Å². The predicted molar refractivity (Wildman–Crippen MR) is 89.2 cm³/mol. The monoisotopic (exact) mass is 317 g/mol. The molecule has 116 valence electrons. The Bertz CT molecular complexity index is 590. The lowest BCUT2D eigenvalue weighted by molar-refractivity contribution is 0.335. The van der Waals surface area contributed by atoms with Crippen molar-refractivity contribution in [1.29, 1.82) is 0 Å². The van der Waals surface area contributed by atoms with Crippen molar-refractivity contribution in [1.82, 2.24) is 10.4 Å². The van der Waals surface area contributed by atoms with Crippen molar-refractivity contribution in [2.45, 2.75) is 13.0 Å². The zero-order valence-electron chi connectivity index (χ0n) is 12.6. The van der Waals surface area contributed by atoms with Gasteiger partial charge in [-0.1, -0.05) is 18.7 Å². The van der Waals surface area contributed by atoms with E-state index in [9.17, 15) is 4.39 Å². The lowest BCUT2D eigenvalue weighted by atomic mass is 10.0. The molecule has 2 rings (SSSR count). The first-order valence-corrected chi connectivity index (χ1v) is 9.30. The molecule has 0 aliphatic heterocycles. The fraction of sp³-hybridized carbons (Fsp3) is 0.250. The standard InChI is InChI=1S/C16H20FN3OSi/c1-22-21-11-10-19-20-16(12-13-6-8-18-9-7-13)14-2-4-15(17)5-3-14/h2-9,19H,10-12,22H2,1H3/b20-16-. The molecular weight excluding hydrogens is 297 g/mol. The zero-order valence-corrected chi connectivity index (χ0v) is 14.0. The minimum Gasteiger partial charge on any atom is -0.422 e. The molecule has 1 N–H and O–H groups in total. The van der Waals surface area contributed by atoms with Gasteiger partial charge in [-0.25, -0.2) is 4.39 Å². The van der Waals surface area contributed by atoms with E-state index in [0.29, 0.717) is 19.6 Å². The van der Waals surface area contributed by atoms with Gasteiger partial charge in [0.1, 0.15) is 5.82 Å². The van der Waals surface area contributed by atoms with Gasteiger partial charge in [0.15, 0.2) is 9.76 Å². The van der Waals surface area contributed by atoms with Crippen LogP contribution in [0.1, 0.15) is 11.1 Å². The van der Waals surface area contributed by atoms with E-state index in [0.717, 1.165) is 16.8 Å². The molecule has 0 saturated heterocycles. The van der Waals surface area contributed by atoms with Crippen molar-refractivity contribution >= 4 is 15.5 Å². The second kappa shape index (κ2) is 9.06. The average Bonchev–Trinajstić information content (AvgIpc) is 2.55. The van der Waals surface area contributed by atoms with E-state index in [1.165, 1.54) is 12.1 Å². The number of aromatic nitrogens is 1. The Labute approximate surface area is 132 Å². The number of hydrogen-bond donors (Lipinski definition) is 1. The lowest BCUT2D eigenvalue weighted by Crippen LogP contribution is -2.18. The molecule has 4 nitrogen and oxygen atoms in total. The SMILES string of the molecule is C[SiH2]OCCN/N=C(/Cc1ccncc1)c1ccc(F)cc1. The third-order valence-corrected chi connectivity index (χ3v) is 3.77. The Balaban J connectivity index is 2.09. The Morgan fingerprint density at radius 2 is 1.95 bits per heavy atom. The molecule has 0 amide bonds. The summed E-state index contributed by atoms with van der Waals surface area (Å²) in [5, 5.41) is 4.45. The Morgan fingerprint density at radius 1 is 1.23 bits per heavy atom. The van der Waals surface area contributed by atoms with E-state index in [2.05, 4.69) is 22.1 Å². The predicted octanol–water partition coefficient (Wildman–Crippen LogP) is 1.91. The normalized spacial score (nSPS) is 12.0. The number of hydrazone groups is 1. The van der Waals surface area contributed by atoms with Crippen molar-refractivity contribution < 1.29 is 8.82 Å². The summed E-state index contributed by atoms with van der Waals surface area (Å²) < 4.78 is 18.5. The van der Waals surface area contributed by atoms with Crippen LogP contribution in [-0.4, -0.2) is 33.6 Å². The molecule has 0 saturated carbocycles. The van der Waals surface area contributed by atoms with E-state index in [1.807, 2.05) is 12.1 Å². The summed E-state index contributed by atoms with van der Waals surface area (Å²) in [6.45, 7) is 3.43. The Hall–Kier alpha value is -2.05. The van der Waals surface area contributed by atoms with Crippen LogP contribution in [0.25, 0.3) is 0 Å². The number of benzene rings is 1. The van der Waals surface area contributed by atoms with Gasteiger partial charge in [-0.05, 0) is 35.4 Å². The molecule has 1 heterocycles. The first-order chi connectivity index (χ1) is 10.8. The van der Waals surface area contributed by atoms with Crippen LogP contribution in [0.3, 0.4) is 0 Å². The molecule has 0 bridgehead atoms. The van der Waals surface area contributed by atoms with Crippen LogP contribution in [0.4, 0.5) is 4.39 Å². The molecule has 0 unspecified atom stereocenters. The zero-order chi connectivity index (χ0) is 15.6. The largest absolute Gasteiger partial charge is 0.422 e. The Morgan fingerprint density at radius 3 is 2.64 bits per heavy atom. The van der Waals surface area contributed by atoms with Crippen LogP contribution >= 0.6 is 0 Å². The number of hydrogen-bond acceptors (Lipinski definition) is 4. The van der Waals surface area contributed by atoms with Crippen molar-refractivity contribution in [2.75, 3.05) is 13.2 Å². The van der Waals surface area contributed by atoms with Crippen LogP contribution in [0, 0.1) is 5.82 Å². The quantitative estimate of drug-likeness (QED) is 0.350. The van der Waals surface area contributed by atoms with Crippen molar-refractivity contribution in [3.05, 3.63) is 65.7 Å². The molecule has 0 radical (unpaired) electrons. The summed E-state index contributed by atoms with van der Waals surface area (Å²) >= 11 is 0. The summed E-state index contributed by atoms with van der Waals surface area (Å²) in [6.07, 6.45) is 4.17. The number of pyridine rings is 1. The molecule has 1 aromatic heterocycles. The smallest absolute Gasteiger partial charge is 0.158 e. The summed E-state index contributed by atoms with van der Waals surface area (Å²) in [5.74, 6) is -0.249. The lowest BCUT2D eigenvalue weighted by Gasteiger charge is -2.09. The van der Waals surface area contributed by atoms with E-state index in [4.69, 9.17) is 4.43 Å². The first-order valence-electron chi connectivity index (χ1n) is 7.31. The number of halogens is 1. The molecule has 0 fully saturated rings. The first kappa shape index (κ1) is 16.3. The van der Waals surface area contributed by atoms with Crippen molar-refractivity contribution in [3.8, 4) is 0 Å². The molecule has 0 spiro atoms. The minimum absolute atomic E-state index is 0.249. The number of nitrogens with zero attached hydrogens (tertiary/aromatic N) is 2. The van der Waals surface area contributed by atoms with Crippen molar-refractivity contribution in [2.24, 2.45) is 5.10 Å². The number of rotatable bonds is 8. The highest BCUT2D eigenvalue weighted by Crippen LogP contribution is 2.09. The van der Waals surface area contributed by atoms with E-state index in [1.54, 1.807) is 24.5 Å². The van der Waals surface area contributed by atoms with Gasteiger partial charge >= 0.3 is 0 Å². The number of nitrogens with one attached hydrogen (secondary N) is 1. The highest BCUT2D eigenvalue weighted by molar-refractivity contribution is 6.24. The fourth-order valence-electron chi connectivity index (χ4n) is 1.96. The van der Waals surface area contributed by atoms with Crippen molar-refractivity contribution in [3.63, 3.8) is 0 Å². The van der Waals surface area contributed by atoms with Gasteiger partial charge in [0, 0.05) is 18.8 Å². The molecule has 0 atom stereocenters. The second-order valence-electron chi connectivity index (χ2n) is 4.70. The summed E-state index contributed by atoms with van der Waals surface area (Å²) in [7, 11) is -0.373. The maximum Gasteiger partial charge on any atom is 0.158 e. The topological polar surface area (TPSA) is 46.5 Å². The third kappa shape index (κ3) is 5.38. The maximum atomic E-state index is 13.1. The van der Waals surface area contributed by atoms with Gasteiger partial charge in [-0.15, -0.1) is 0 Å². The van der Waals surface area contributed by atoms with Crippen LogP contribution in [0.2, 0.25) is 6.55 Å². The third-order valence-electron chi connectivity index (χ3n) is 3.07. The molecule has 0 aliphatic carbocycles. The van der Waals surface area contributed by atoms with E-state index < -0.39 is 0 Å². The van der Waals surface area contributed by atoms with Gasteiger partial charge in [0.25, 0.3) is 0 Å². The van der Waals surface area contributed by atoms with Crippen LogP contribution in [0.5, 0.6) is 0 Å². The highest BCUT2D eigenvalue weighted by Gasteiger charge is 2.06. The molecule has 1 aromatic carbocycles. The molecule has 6 heteroatoms. The van der Waals surface area contributed by atoms with Gasteiger partial charge < -0.3 is 9.85 Å². The van der Waals surface area contributed by atoms with Gasteiger partial charge in [0.2, 0.25) is 0 Å². The molecule has 2 aromatic rings. The molecule has 0 aliphatic rings. The summed E-state index contributed by atoms with van der Waals surface area (Å²) in [5.41, 5.74) is 5.90. The summed E-state index contributed by atoms with van der Waals surface area (Å²) in [4.78, 5) is 4.02. The summed E-state index contributed by atoms with van der Waals surface area (Å²) in [6, 6.07) is 10.3. The van der Waals surface area contributed by atoms with Crippen LogP contribution in [-0.2, 0) is 10.8 Å². The second-order valence-corrected chi connectivity index (χ2v) is 5.69. The van der Waals surface area contributed by atoms with E-state index >= 15 is 0 Å². The van der Waals surface area contributed by atoms with E-state index in [-0.39, 0.29) is 15.6 Å². The van der Waals surface area contributed by atoms with Gasteiger partial charge in [-0.3, -0.25) is 4.98 Å². The Kier molecular flexibility index (Phi) is 6.72.